The average molecular weight is 319 g/mol. The lowest BCUT2D eigenvalue weighted by atomic mass is 9.89. The molecule has 0 aliphatic carbocycles. The summed E-state index contributed by atoms with van der Waals surface area (Å²) in [4.78, 5) is 0. The summed E-state index contributed by atoms with van der Waals surface area (Å²) in [6.07, 6.45) is 8.25. The summed E-state index contributed by atoms with van der Waals surface area (Å²) in [6.45, 7) is 10.7. The van der Waals surface area contributed by atoms with Gasteiger partial charge < -0.3 is 9.47 Å². The first-order chi connectivity index (χ1) is 11.0. The molecule has 0 saturated carbocycles. The van der Waals surface area contributed by atoms with Crippen LogP contribution in [0.4, 0.5) is 0 Å². The van der Waals surface area contributed by atoms with E-state index in [1.165, 1.54) is 18.4 Å². The molecule has 0 unspecified atom stereocenters. The third kappa shape index (κ3) is 8.80. The summed E-state index contributed by atoms with van der Waals surface area (Å²) in [5.74, 6) is 2.91. The van der Waals surface area contributed by atoms with Crippen LogP contribution in [-0.4, -0.2) is 13.7 Å². The largest absolute Gasteiger partial charge is 0.497 e. The Kier molecular flexibility index (Phi) is 9.70. The van der Waals surface area contributed by atoms with Crippen molar-refractivity contribution in [1.82, 2.24) is 0 Å². The van der Waals surface area contributed by atoms with Gasteiger partial charge in [0.1, 0.15) is 5.75 Å². The third-order valence-electron chi connectivity index (χ3n) is 4.11. The molecular weight excluding hydrogens is 284 g/mol. The molecule has 0 amide bonds. The van der Waals surface area contributed by atoms with Crippen molar-refractivity contribution in [2.75, 3.05) is 13.7 Å². The maximum Gasteiger partial charge on any atom is 0.118 e. The number of hydrogen-bond acceptors (Lipinski definition) is 2. The molecule has 0 spiro atoms. The quantitative estimate of drug-likeness (QED) is 0.475. The lowest BCUT2D eigenvalue weighted by Gasteiger charge is -2.19. The topological polar surface area (TPSA) is 18.5 Å². The molecule has 0 fully saturated rings. The second kappa shape index (κ2) is 11.3. The van der Waals surface area contributed by atoms with E-state index in [0.29, 0.717) is 18.4 Å². The highest BCUT2D eigenvalue weighted by Gasteiger charge is 2.11. The summed E-state index contributed by atoms with van der Waals surface area (Å²) in [5, 5.41) is 0. The van der Waals surface area contributed by atoms with Crippen LogP contribution < -0.4 is 4.74 Å². The van der Waals surface area contributed by atoms with Gasteiger partial charge in [-0.2, -0.15) is 0 Å². The van der Waals surface area contributed by atoms with Gasteiger partial charge in [-0.3, -0.25) is 0 Å². The van der Waals surface area contributed by atoms with E-state index in [-0.39, 0.29) is 0 Å². The second-order valence-corrected chi connectivity index (χ2v) is 6.86. The fraction of sp³-hybridized carbons (Fsp3) is 0.619. The van der Waals surface area contributed by atoms with E-state index in [0.717, 1.165) is 24.7 Å². The predicted molar refractivity (Wildman–Crippen MR) is 98.8 cm³/mol. The minimum atomic E-state index is 0.602. The van der Waals surface area contributed by atoms with Crippen LogP contribution in [0.3, 0.4) is 0 Å². The molecule has 0 saturated heterocycles. The highest BCUT2D eigenvalue weighted by Crippen LogP contribution is 2.21. The number of ether oxygens (including phenoxy) is 2. The number of hydrogen-bond donors (Lipinski definition) is 0. The van der Waals surface area contributed by atoms with E-state index in [9.17, 15) is 0 Å². The van der Waals surface area contributed by atoms with Gasteiger partial charge in [0.25, 0.3) is 0 Å². The molecular formula is C21H34O2. The molecule has 0 N–H and O–H groups in total. The van der Waals surface area contributed by atoms with Gasteiger partial charge in [-0.15, -0.1) is 0 Å². The number of benzene rings is 1. The van der Waals surface area contributed by atoms with E-state index in [1.54, 1.807) is 7.11 Å². The zero-order valence-electron chi connectivity index (χ0n) is 15.5. The fourth-order valence-electron chi connectivity index (χ4n) is 3.03. The Morgan fingerprint density at radius 3 is 2.30 bits per heavy atom. The van der Waals surface area contributed by atoms with Crippen LogP contribution in [0.15, 0.2) is 36.4 Å². The van der Waals surface area contributed by atoms with Crippen LogP contribution in [0.2, 0.25) is 0 Å². The van der Waals surface area contributed by atoms with Gasteiger partial charge >= 0.3 is 0 Å². The lowest BCUT2D eigenvalue weighted by Crippen LogP contribution is -2.12. The highest BCUT2D eigenvalue weighted by molar-refractivity contribution is 5.26. The van der Waals surface area contributed by atoms with Gasteiger partial charge in [-0.05, 0) is 54.7 Å². The molecule has 3 atom stereocenters. The van der Waals surface area contributed by atoms with Crippen LogP contribution >= 0.6 is 0 Å². The van der Waals surface area contributed by atoms with Gasteiger partial charge in [0.2, 0.25) is 0 Å². The van der Waals surface area contributed by atoms with E-state index in [1.807, 2.05) is 12.1 Å². The van der Waals surface area contributed by atoms with Crippen LogP contribution in [0.25, 0.3) is 0 Å². The van der Waals surface area contributed by atoms with Gasteiger partial charge in [0, 0.05) is 6.61 Å². The Balaban J connectivity index is 2.22. The maximum atomic E-state index is 5.87. The minimum absolute atomic E-state index is 0.602. The van der Waals surface area contributed by atoms with Crippen LogP contribution in [0.1, 0.15) is 52.5 Å². The van der Waals surface area contributed by atoms with Crippen LogP contribution in [0.5, 0.6) is 5.75 Å². The van der Waals surface area contributed by atoms with E-state index < -0.39 is 0 Å². The molecule has 0 aliphatic rings. The van der Waals surface area contributed by atoms with Crippen molar-refractivity contribution in [3.05, 3.63) is 42.0 Å². The van der Waals surface area contributed by atoms with Crippen molar-refractivity contribution in [3.63, 3.8) is 0 Å². The summed E-state index contributed by atoms with van der Waals surface area (Å²) in [5.41, 5.74) is 1.20. The first kappa shape index (κ1) is 19.8. The van der Waals surface area contributed by atoms with Crippen molar-refractivity contribution in [3.8, 4) is 5.75 Å². The molecule has 2 nitrogen and oxygen atoms in total. The number of rotatable bonds is 11. The highest BCUT2D eigenvalue weighted by atomic mass is 16.5. The minimum Gasteiger partial charge on any atom is -0.497 e. The smallest absolute Gasteiger partial charge is 0.118 e. The van der Waals surface area contributed by atoms with E-state index >= 15 is 0 Å². The molecule has 1 rings (SSSR count). The Hall–Kier alpha value is -1.28. The fourth-order valence-corrected chi connectivity index (χ4v) is 3.03. The first-order valence-corrected chi connectivity index (χ1v) is 8.92. The summed E-state index contributed by atoms with van der Waals surface area (Å²) < 4.78 is 11.0. The van der Waals surface area contributed by atoms with Crippen LogP contribution in [-0.2, 0) is 11.3 Å². The summed E-state index contributed by atoms with van der Waals surface area (Å²) >= 11 is 0. The van der Waals surface area contributed by atoms with Gasteiger partial charge in [-0.1, -0.05) is 52.0 Å². The van der Waals surface area contributed by atoms with Crippen molar-refractivity contribution in [1.29, 1.82) is 0 Å². The molecule has 1 aromatic carbocycles. The van der Waals surface area contributed by atoms with Gasteiger partial charge in [-0.25, -0.2) is 0 Å². The average Bonchev–Trinajstić information content (AvgIpc) is 2.53. The second-order valence-electron chi connectivity index (χ2n) is 6.86. The number of allylic oxidation sites excluding steroid dienone is 2. The Bertz CT molecular complexity index is 436. The monoisotopic (exact) mass is 318 g/mol. The lowest BCUT2D eigenvalue weighted by molar-refractivity contribution is 0.0838. The molecule has 0 aromatic heterocycles. The molecule has 0 radical (unpaired) electrons. The SMILES string of the molecule is CC/C=C/[C@@H](C)C[C@@H](C)C[C@H](C)COCc1ccc(OC)cc1. The third-order valence-corrected chi connectivity index (χ3v) is 4.11. The maximum absolute atomic E-state index is 5.87. The van der Waals surface area contributed by atoms with Crippen molar-refractivity contribution in [2.45, 2.75) is 53.6 Å². The Morgan fingerprint density at radius 2 is 1.70 bits per heavy atom. The summed E-state index contributed by atoms with van der Waals surface area (Å²) in [6, 6.07) is 8.09. The van der Waals surface area contributed by atoms with Gasteiger partial charge in [0.05, 0.1) is 13.7 Å². The van der Waals surface area contributed by atoms with Gasteiger partial charge in [0.15, 0.2) is 0 Å². The molecule has 0 heterocycles. The van der Waals surface area contributed by atoms with Crippen LogP contribution in [0, 0.1) is 17.8 Å². The normalized spacial score (nSPS) is 15.5. The molecule has 2 heteroatoms. The zero-order valence-corrected chi connectivity index (χ0v) is 15.5. The molecule has 1 aromatic rings. The molecule has 0 bridgehead atoms. The Morgan fingerprint density at radius 1 is 1.00 bits per heavy atom. The summed E-state index contributed by atoms with van der Waals surface area (Å²) in [7, 11) is 1.69. The van der Waals surface area contributed by atoms with Crippen molar-refractivity contribution >= 4 is 0 Å². The zero-order chi connectivity index (χ0) is 17.1. The standard InChI is InChI=1S/C21H34O2/c1-6-7-8-17(2)13-18(3)14-19(4)15-23-16-20-9-11-21(22-5)12-10-20/h7-12,17-19H,6,13-16H2,1-5H3/b8-7+/t17-,18-,19+/m1/s1. The first-order valence-electron chi connectivity index (χ1n) is 8.92. The van der Waals surface area contributed by atoms with E-state index in [4.69, 9.17) is 9.47 Å². The molecule has 0 aliphatic heterocycles. The van der Waals surface area contributed by atoms with E-state index in [2.05, 4.69) is 52.0 Å². The van der Waals surface area contributed by atoms with Crippen molar-refractivity contribution in [2.24, 2.45) is 17.8 Å². The van der Waals surface area contributed by atoms with Crippen molar-refractivity contribution < 1.29 is 9.47 Å². The predicted octanol–water partition coefficient (Wildman–Crippen LogP) is 5.87. The number of methoxy groups -OCH3 is 1. The Labute approximate surface area is 142 Å². The molecule has 130 valence electrons. The molecule has 23 heavy (non-hydrogen) atoms.